The molecule has 1 aromatic heterocycles. The van der Waals surface area contributed by atoms with Gasteiger partial charge in [0, 0.05) is 11.4 Å². The molecule has 25 heavy (non-hydrogen) atoms. The molecule has 2 rings (SSSR count). The Labute approximate surface area is 151 Å². The highest BCUT2D eigenvalue weighted by molar-refractivity contribution is 7.98. The summed E-state index contributed by atoms with van der Waals surface area (Å²) in [6.45, 7) is 6.99. The van der Waals surface area contributed by atoms with Gasteiger partial charge >= 0.3 is 5.97 Å². The van der Waals surface area contributed by atoms with Gasteiger partial charge in [0.25, 0.3) is 5.91 Å². The van der Waals surface area contributed by atoms with Crippen molar-refractivity contribution in [3.8, 4) is 0 Å². The fourth-order valence-corrected chi connectivity index (χ4v) is 3.15. The Balaban J connectivity index is 2.06. The second-order valence-electron chi connectivity index (χ2n) is 6.28. The number of hydrogen-bond acceptors (Lipinski definition) is 4. The van der Waals surface area contributed by atoms with Gasteiger partial charge in [-0.15, -0.1) is 11.8 Å². The molecule has 1 heterocycles. The predicted molar refractivity (Wildman–Crippen MR) is 98.0 cm³/mol. The van der Waals surface area contributed by atoms with Crippen LogP contribution < -0.4 is 5.32 Å². The Morgan fingerprint density at radius 1 is 1.16 bits per heavy atom. The third-order valence-electron chi connectivity index (χ3n) is 4.19. The summed E-state index contributed by atoms with van der Waals surface area (Å²) < 4.78 is 5.25. The average Bonchev–Trinajstić information content (AvgIpc) is 3.06. The van der Waals surface area contributed by atoms with E-state index in [4.69, 9.17) is 9.52 Å². The second kappa shape index (κ2) is 8.76. The summed E-state index contributed by atoms with van der Waals surface area (Å²) in [6.07, 6.45) is 1.37. The highest BCUT2D eigenvalue weighted by atomic mass is 32.2. The SMILES string of the molecule is CC(C)C(C)CNC(=O)c1ccccc1SCc1occc1C(=O)O. The first-order valence-corrected chi connectivity index (χ1v) is 9.18. The first kappa shape index (κ1) is 19.1. The number of carbonyl (C=O) groups excluding carboxylic acids is 1. The topological polar surface area (TPSA) is 79.5 Å². The van der Waals surface area contributed by atoms with Crippen LogP contribution in [0.2, 0.25) is 0 Å². The predicted octanol–water partition coefficient (Wildman–Crippen LogP) is 4.29. The molecule has 0 aliphatic carbocycles. The molecule has 0 saturated heterocycles. The van der Waals surface area contributed by atoms with E-state index >= 15 is 0 Å². The molecule has 5 nitrogen and oxygen atoms in total. The third-order valence-corrected chi connectivity index (χ3v) is 5.26. The molecule has 1 amide bonds. The van der Waals surface area contributed by atoms with Crippen molar-refractivity contribution >= 4 is 23.6 Å². The van der Waals surface area contributed by atoms with E-state index in [1.165, 1.54) is 24.1 Å². The number of benzene rings is 1. The van der Waals surface area contributed by atoms with Gasteiger partial charge in [-0.05, 0) is 30.0 Å². The summed E-state index contributed by atoms with van der Waals surface area (Å²) in [5.74, 6) is 0.498. The molecular weight excluding hydrogens is 338 g/mol. The quantitative estimate of drug-likeness (QED) is 0.686. The lowest BCUT2D eigenvalue weighted by atomic mass is 9.98. The molecule has 134 valence electrons. The van der Waals surface area contributed by atoms with Gasteiger partial charge in [-0.1, -0.05) is 32.9 Å². The minimum atomic E-state index is -1.02. The maximum Gasteiger partial charge on any atom is 0.339 e. The zero-order valence-electron chi connectivity index (χ0n) is 14.6. The second-order valence-corrected chi connectivity index (χ2v) is 7.30. The summed E-state index contributed by atoms with van der Waals surface area (Å²) in [5.41, 5.74) is 0.743. The average molecular weight is 361 g/mol. The van der Waals surface area contributed by atoms with Crippen molar-refractivity contribution in [1.82, 2.24) is 5.32 Å². The summed E-state index contributed by atoms with van der Waals surface area (Å²) >= 11 is 1.39. The molecule has 0 bridgehead atoms. The Hall–Kier alpha value is -2.21. The van der Waals surface area contributed by atoms with Gasteiger partial charge in [-0.3, -0.25) is 4.79 Å². The number of rotatable bonds is 8. The van der Waals surface area contributed by atoms with Crippen molar-refractivity contribution in [3.63, 3.8) is 0 Å². The molecule has 0 radical (unpaired) electrons. The molecule has 0 aliphatic heterocycles. The summed E-state index contributed by atoms with van der Waals surface area (Å²) in [5, 5.41) is 12.1. The zero-order valence-corrected chi connectivity index (χ0v) is 15.4. The van der Waals surface area contributed by atoms with Crippen LogP contribution in [0.15, 0.2) is 45.9 Å². The van der Waals surface area contributed by atoms with Crippen LogP contribution in [0.25, 0.3) is 0 Å². The zero-order chi connectivity index (χ0) is 18.4. The van der Waals surface area contributed by atoms with E-state index in [0.717, 1.165) is 4.90 Å². The van der Waals surface area contributed by atoms with Gasteiger partial charge in [0.15, 0.2) is 0 Å². The number of aromatic carboxylic acids is 1. The van der Waals surface area contributed by atoms with Gasteiger partial charge in [-0.25, -0.2) is 4.79 Å². The lowest BCUT2D eigenvalue weighted by molar-refractivity contribution is 0.0694. The van der Waals surface area contributed by atoms with Crippen molar-refractivity contribution in [3.05, 3.63) is 53.5 Å². The standard InChI is InChI=1S/C19H23NO4S/c1-12(2)13(3)10-20-18(21)15-6-4-5-7-17(15)25-11-16-14(19(22)23)8-9-24-16/h4-9,12-13H,10-11H2,1-3H3,(H,20,21)(H,22,23). The van der Waals surface area contributed by atoms with Crippen molar-refractivity contribution in [2.24, 2.45) is 11.8 Å². The van der Waals surface area contributed by atoms with Gasteiger partial charge in [0.05, 0.1) is 17.6 Å². The maximum absolute atomic E-state index is 12.5. The van der Waals surface area contributed by atoms with Crippen LogP contribution in [0, 0.1) is 11.8 Å². The van der Waals surface area contributed by atoms with Crippen LogP contribution in [0.4, 0.5) is 0 Å². The van der Waals surface area contributed by atoms with Crippen LogP contribution in [0.1, 0.15) is 47.2 Å². The highest BCUT2D eigenvalue weighted by Gasteiger charge is 2.17. The number of furan rings is 1. The summed E-state index contributed by atoms with van der Waals surface area (Å²) in [7, 11) is 0. The fraction of sp³-hybridized carbons (Fsp3) is 0.368. The minimum absolute atomic E-state index is 0.117. The van der Waals surface area contributed by atoms with Crippen LogP contribution in [0.3, 0.4) is 0 Å². The van der Waals surface area contributed by atoms with Gasteiger partial charge in [0.1, 0.15) is 11.3 Å². The maximum atomic E-state index is 12.5. The Bertz CT molecular complexity index is 739. The van der Waals surface area contributed by atoms with Crippen molar-refractivity contribution < 1.29 is 19.1 Å². The number of thioether (sulfide) groups is 1. The van der Waals surface area contributed by atoms with E-state index in [0.29, 0.717) is 35.5 Å². The molecule has 1 aromatic carbocycles. The highest BCUT2D eigenvalue weighted by Crippen LogP contribution is 2.28. The number of hydrogen-bond donors (Lipinski definition) is 2. The van der Waals surface area contributed by atoms with Crippen LogP contribution >= 0.6 is 11.8 Å². The first-order valence-electron chi connectivity index (χ1n) is 8.19. The molecule has 0 saturated carbocycles. The minimum Gasteiger partial charge on any atom is -0.478 e. The van der Waals surface area contributed by atoms with E-state index in [9.17, 15) is 9.59 Å². The number of carboxylic acid groups (broad SMARTS) is 1. The van der Waals surface area contributed by atoms with Crippen LogP contribution in [-0.2, 0) is 5.75 Å². The molecule has 0 aliphatic rings. The number of carbonyl (C=O) groups is 2. The van der Waals surface area contributed by atoms with Gasteiger partial charge in [-0.2, -0.15) is 0 Å². The first-order chi connectivity index (χ1) is 11.9. The van der Waals surface area contributed by atoms with Crippen LogP contribution in [-0.4, -0.2) is 23.5 Å². The number of carboxylic acids is 1. The Morgan fingerprint density at radius 3 is 2.56 bits per heavy atom. The molecule has 0 fully saturated rings. The molecule has 6 heteroatoms. The van der Waals surface area contributed by atoms with E-state index < -0.39 is 5.97 Å². The van der Waals surface area contributed by atoms with Crippen molar-refractivity contribution in [2.75, 3.05) is 6.54 Å². The summed E-state index contributed by atoms with van der Waals surface area (Å²) in [4.78, 5) is 24.4. The molecule has 2 aromatic rings. The molecule has 1 unspecified atom stereocenters. The monoisotopic (exact) mass is 361 g/mol. The van der Waals surface area contributed by atoms with E-state index in [-0.39, 0.29) is 11.5 Å². The van der Waals surface area contributed by atoms with E-state index in [1.54, 1.807) is 6.07 Å². The molecule has 2 N–H and O–H groups in total. The fourth-order valence-electron chi connectivity index (χ4n) is 2.15. The van der Waals surface area contributed by atoms with Crippen molar-refractivity contribution in [1.29, 1.82) is 0 Å². The molecule has 0 spiro atoms. The lowest BCUT2D eigenvalue weighted by Gasteiger charge is -2.16. The normalized spacial score (nSPS) is 12.2. The smallest absolute Gasteiger partial charge is 0.339 e. The third kappa shape index (κ3) is 5.13. The van der Waals surface area contributed by atoms with Crippen LogP contribution in [0.5, 0.6) is 0 Å². The van der Waals surface area contributed by atoms with E-state index in [2.05, 4.69) is 26.1 Å². The number of nitrogens with one attached hydrogen (secondary N) is 1. The largest absolute Gasteiger partial charge is 0.478 e. The summed E-state index contributed by atoms with van der Waals surface area (Å²) in [6, 6.07) is 8.74. The Kier molecular flexibility index (Phi) is 6.70. The molecule has 1 atom stereocenters. The van der Waals surface area contributed by atoms with Gasteiger partial charge in [0.2, 0.25) is 0 Å². The molecular formula is C19H23NO4S. The van der Waals surface area contributed by atoms with Crippen molar-refractivity contribution in [2.45, 2.75) is 31.4 Å². The Morgan fingerprint density at radius 2 is 1.88 bits per heavy atom. The van der Waals surface area contributed by atoms with Gasteiger partial charge < -0.3 is 14.8 Å². The van der Waals surface area contributed by atoms with E-state index in [1.807, 2.05) is 18.2 Å². The number of amides is 1. The lowest BCUT2D eigenvalue weighted by Crippen LogP contribution is -2.30.